The van der Waals surface area contributed by atoms with Crippen LogP contribution < -0.4 is 5.32 Å². The van der Waals surface area contributed by atoms with Crippen molar-refractivity contribution in [3.05, 3.63) is 59.4 Å². The first-order valence-electron chi connectivity index (χ1n) is 9.73. The van der Waals surface area contributed by atoms with Crippen molar-refractivity contribution in [2.45, 2.75) is 29.9 Å². The van der Waals surface area contributed by atoms with Crippen LogP contribution in [-0.2, 0) is 21.3 Å². The van der Waals surface area contributed by atoms with Crippen molar-refractivity contribution in [1.29, 1.82) is 0 Å². The van der Waals surface area contributed by atoms with Crippen molar-refractivity contribution < 1.29 is 17.9 Å². The number of anilines is 1. The first-order chi connectivity index (χ1) is 14.4. The molecule has 0 unspecified atom stereocenters. The average molecular weight is 449 g/mol. The zero-order valence-corrected chi connectivity index (χ0v) is 17.6. The number of amides is 2. The summed E-state index contributed by atoms with van der Waals surface area (Å²) >= 11 is 5.90. The van der Waals surface area contributed by atoms with Gasteiger partial charge in [-0.25, -0.2) is 13.2 Å². The number of likely N-dealkylation sites (tertiary alicyclic amines) is 1. The molecule has 1 aromatic carbocycles. The SMILES string of the molecule is O=C(Nc1ccc(Cl)cc1)N1C[C@@H]2C[C@@H]3[C@@](C1)(CN(Cc1ccncc1)S3(=O)=O)O2. The van der Waals surface area contributed by atoms with E-state index in [1.54, 1.807) is 53.7 Å². The number of nitrogens with one attached hydrogen (secondary N) is 1. The molecule has 3 aliphatic rings. The predicted molar refractivity (Wildman–Crippen MR) is 112 cm³/mol. The molecule has 5 rings (SSSR count). The molecule has 2 aromatic rings. The van der Waals surface area contributed by atoms with Crippen molar-refractivity contribution in [1.82, 2.24) is 14.2 Å². The summed E-state index contributed by atoms with van der Waals surface area (Å²) in [6.07, 6.45) is 3.41. The van der Waals surface area contributed by atoms with Gasteiger partial charge < -0.3 is 15.0 Å². The van der Waals surface area contributed by atoms with Crippen LogP contribution in [0.1, 0.15) is 12.0 Å². The Morgan fingerprint density at radius 1 is 1.20 bits per heavy atom. The summed E-state index contributed by atoms with van der Waals surface area (Å²) in [5.41, 5.74) is 0.608. The third-order valence-electron chi connectivity index (χ3n) is 6.00. The van der Waals surface area contributed by atoms with Gasteiger partial charge in [-0.3, -0.25) is 4.98 Å². The number of ether oxygens (including phenoxy) is 1. The number of benzene rings is 1. The molecule has 158 valence electrons. The van der Waals surface area contributed by atoms with Gasteiger partial charge >= 0.3 is 6.03 Å². The normalized spacial score (nSPS) is 29.6. The van der Waals surface area contributed by atoms with Crippen LogP contribution >= 0.6 is 11.6 Å². The van der Waals surface area contributed by atoms with E-state index in [0.29, 0.717) is 23.7 Å². The first kappa shape index (κ1) is 19.7. The molecule has 0 radical (unpaired) electrons. The number of urea groups is 1. The maximum atomic E-state index is 13.2. The Bertz CT molecular complexity index is 1070. The van der Waals surface area contributed by atoms with E-state index in [1.807, 2.05) is 0 Å². The second kappa shape index (κ2) is 7.19. The Kier molecular flexibility index (Phi) is 4.73. The van der Waals surface area contributed by atoms with E-state index in [4.69, 9.17) is 16.3 Å². The number of carbonyl (C=O) groups excluding carboxylic acids is 1. The van der Waals surface area contributed by atoms with Crippen molar-refractivity contribution >= 4 is 33.3 Å². The molecule has 3 saturated heterocycles. The molecule has 3 fully saturated rings. The van der Waals surface area contributed by atoms with Gasteiger partial charge in [0, 0.05) is 42.7 Å². The first-order valence-corrected chi connectivity index (χ1v) is 11.6. The summed E-state index contributed by atoms with van der Waals surface area (Å²) in [4.78, 5) is 18.5. The third-order valence-corrected chi connectivity index (χ3v) is 8.57. The summed E-state index contributed by atoms with van der Waals surface area (Å²) in [5, 5.41) is 2.81. The smallest absolute Gasteiger partial charge is 0.322 e. The lowest BCUT2D eigenvalue weighted by atomic mass is 9.99. The summed E-state index contributed by atoms with van der Waals surface area (Å²) < 4.78 is 34.1. The Hall–Kier alpha value is -2.20. The van der Waals surface area contributed by atoms with E-state index >= 15 is 0 Å². The van der Waals surface area contributed by atoms with Crippen molar-refractivity contribution in [3.8, 4) is 0 Å². The average Bonchev–Trinajstić information content (AvgIpc) is 3.09. The monoisotopic (exact) mass is 448 g/mol. The molecule has 2 bridgehead atoms. The molecule has 0 aliphatic carbocycles. The highest BCUT2D eigenvalue weighted by atomic mass is 35.5. The van der Waals surface area contributed by atoms with Crippen LogP contribution in [-0.4, -0.2) is 65.2 Å². The lowest BCUT2D eigenvalue weighted by Gasteiger charge is -2.39. The summed E-state index contributed by atoms with van der Waals surface area (Å²) in [6, 6.07) is 10.2. The minimum absolute atomic E-state index is 0.236. The molecule has 1 aromatic heterocycles. The summed E-state index contributed by atoms with van der Waals surface area (Å²) in [7, 11) is -3.52. The number of halogens is 1. The van der Waals surface area contributed by atoms with E-state index in [1.165, 1.54) is 4.31 Å². The number of hydrogen-bond donors (Lipinski definition) is 1. The maximum absolute atomic E-state index is 13.2. The number of carbonyl (C=O) groups is 1. The molecule has 4 heterocycles. The molecular weight excluding hydrogens is 428 g/mol. The van der Waals surface area contributed by atoms with Gasteiger partial charge in [-0.2, -0.15) is 4.31 Å². The van der Waals surface area contributed by atoms with Crippen LogP contribution in [0.15, 0.2) is 48.8 Å². The predicted octanol–water partition coefficient (Wildman–Crippen LogP) is 2.32. The molecule has 10 heteroatoms. The van der Waals surface area contributed by atoms with E-state index in [-0.39, 0.29) is 31.8 Å². The van der Waals surface area contributed by atoms with Gasteiger partial charge in [0.2, 0.25) is 10.0 Å². The van der Waals surface area contributed by atoms with Gasteiger partial charge in [0.15, 0.2) is 0 Å². The van der Waals surface area contributed by atoms with E-state index in [9.17, 15) is 13.2 Å². The lowest BCUT2D eigenvalue weighted by Crippen LogP contribution is -2.57. The lowest BCUT2D eigenvalue weighted by molar-refractivity contribution is -0.0946. The largest absolute Gasteiger partial charge is 0.365 e. The molecule has 1 N–H and O–H groups in total. The molecule has 2 amide bonds. The second-order valence-corrected chi connectivity index (χ2v) is 10.6. The van der Waals surface area contributed by atoms with Gasteiger partial charge in [-0.15, -0.1) is 0 Å². The number of pyridine rings is 1. The molecule has 30 heavy (non-hydrogen) atoms. The van der Waals surface area contributed by atoms with E-state index in [2.05, 4.69) is 10.3 Å². The highest BCUT2D eigenvalue weighted by Gasteiger charge is 2.65. The molecular formula is C20H21ClN4O4S. The van der Waals surface area contributed by atoms with Gasteiger partial charge in [-0.1, -0.05) is 11.6 Å². The van der Waals surface area contributed by atoms with Crippen LogP contribution in [0.5, 0.6) is 0 Å². The third kappa shape index (κ3) is 3.35. The van der Waals surface area contributed by atoms with Crippen molar-refractivity contribution in [2.24, 2.45) is 0 Å². The number of sulfonamides is 1. The maximum Gasteiger partial charge on any atom is 0.322 e. The highest BCUT2D eigenvalue weighted by molar-refractivity contribution is 7.90. The Labute approximate surface area is 179 Å². The zero-order valence-electron chi connectivity index (χ0n) is 16.1. The van der Waals surface area contributed by atoms with Crippen LogP contribution in [0.3, 0.4) is 0 Å². The van der Waals surface area contributed by atoms with Gasteiger partial charge in [0.1, 0.15) is 10.9 Å². The Morgan fingerprint density at radius 2 is 1.93 bits per heavy atom. The number of rotatable bonds is 3. The molecule has 3 atom stereocenters. The minimum atomic E-state index is -3.52. The van der Waals surface area contributed by atoms with Crippen LogP contribution in [0, 0.1) is 0 Å². The standard InChI is InChI=1S/C20H21ClN4O4S/c21-15-1-3-16(4-2-15)23-19(26)24-11-17-9-18-20(12-24,29-17)13-25(30(18,27)28)10-14-5-7-22-8-6-14/h1-8,17-18H,9-13H2,(H,23,26)/t17-,18+,20+/m0/s1. The van der Waals surface area contributed by atoms with Crippen molar-refractivity contribution in [3.63, 3.8) is 0 Å². The molecule has 0 saturated carbocycles. The fourth-order valence-electron chi connectivity index (χ4n) is 4.67. The Morgan fingerprint density at radius 3 is 2.67 bits per heavy atom. The molecule has 3 aliphatic heterocycles. The Balaban J connectivity index is 1.35. The second-order valence-electron chi connectivity index (χ2n) is 8.02. The van der Waals surface area contributed by atoms with E-state index in [0.717, 1.165) is 5.56 Å². The number of nitrogens with zero attached hydrogens (tertiary/aromatic N) is 3. The highest BCUT2D eigenvalue weighted by Crippen LogP contribution is 2.47. The minimum Gasteiger partial charge on any atom is -0.365 e. The van der Waals surface area contributed by atoms with Gasteiger partial charge in [-0.05, 0) is 48.4 Å². The molecule has 1 spiro atoms. The fraction of sp³-hybridized carbons (Fsp3) is 0.400. The van der Waals surface area contributed by atoms with Gasteiger partial charge in [0.05, 0.1) is 12.6 Å². The number of morpholine rings is 1. The fourth-order valence-corrected chi connectivity index (χ4v) is 7.09. The van der Waals surface area contributed by atoms with Crippen LogP contribution in [0.25, 0.3) is 0 Å². The van der Waals surface area contributed by atoms with Crippen LogP contribution in [0.4, 0.5) is 10.5 Å². The van der Waals surface area contributed by atoms with Crippen molar-refractivity contribution in [2.75, 3.05) is 25.0 Å². The van der Waals surface area contributed by atoms with E-state index < -0.39 is 20.9 Å². The molecule has 8 nitrogen and oxygen atoms in total. The number of hydrogen-bond acceptors (Lipinski definition) is 5. The topological polar surface area (TPSA) is 91.8 Å². The summed E-state index contributed by atoms with van der Waals surface area (Å²) in [6.45, 7) is 1.12. The number of aromatic nitrogens is 1. The number of fused-ring (bicyclic) bond motifs is 1. The zero-order chi connectivity index (χ0) is 20.9. The summed E-state index contributed by atoms with van der Waals surface area (Å²) in [5.74, 6) is 0. The quantitative estimate of drug-likeness (QED) is 0.778. The van der Waals surface area contributed by atoms with Gasteiger partial charge in [0.25, 0.3) is 0 Å². The van der Waals surface area contributed by atoms with Crippen LogP contribution in [0.2, 0.25) is 5.02 Å².